The predicted molar refractivity (Wildman–Crippen MR) is 91.9 cm³/mol. The van der Waals surface area contributed by atoms with E-state index in [9.17, 15) is 17.6 Å². The molecule has 25 heavy (non-hydrogen) atoms. The molecule has 1 aliphatic heterocycles. The summed E-state index contributed by atoms with van der Waals surface area (Å²) < 4.78 is 55.2. The van der Waals surface area contributed by atoms with Gasteiger partial charge in [-0.05, 0) is 30.0 Å². The van der Waals surface area contributed by atoms with Gasteiger partial charge in [-0.3, -0.25) is 4.90 Å². The van der Waals surface area contributed by atoms with E-state index in [-0.39, 0.29) is 24.2 Å². The monoisotopic (exact) mass is 384 g/mol. The van der Waals surface area contributed by atoms with Crippen LogP contribution in [0, 0.1) is 5.92 Å². The third kappa shape index (κ3) is 6.31. The Morgan fingerprint density at radius 1 is 1.20 bits per heavy atom. The molecule has 0 saturated carbocycles. The molecule has 2 rings (SSSR count). The van der Waals surface area contributed by atoms with Gasteiger partial charge >= 0.3 is 12.5 Å². The molecule has 1 saturated heterocycles. The Hall–Kier alpha value is -1.05. The van der Waals surface area contributed by atoms with E-state index in [1.807, 2.05) is 6.07 Å². The molecule has 1 aromatic carbocycles. The molecule has 0 spiro atoms. The van der Waals surface area contributed by atoms with Crippen molar-refractivity contribution in [3.05, 3.63) is 29.8 Å². The Bertz CT molecular complexity index is 525. The summed E-state index contributed by atoms with van der Waals surface area (Å²) in [5.74, 6) is 0.179. The highest BCUT2D eigenvalue weighted by Crippen LogP contribution is 2.33. The summed E-state index contributed by atoms with van der Waals surface area (Å²) in [4.78, 5) is 2.29. The summed E-state index contributed by atoms with van der Waals surface area (Å²) >= 11 is 0. The number of hydrogen-bond donors (Lipinski definition) is 1. The lowest BCUT2D eigenvalue weighted by Gasteiger charge is -2.36. The fourth-order valence-corrected chi connectivity index (χ4v) is 2.92. The fourth-order valence-electron chi connectivity index (χ4n) is 2.92. The molecule has 1 N–H and O–H groups in total. The molecule has 8 heteroatoms. The number of halogens is 5. The zero-order valence-electron chi connectivity index (χ0n) is 14.4. The molecule has 1 fully saturated rings. The zero-order chi connectivity index (χ0) is 17.7. The lowest BCUT2D eigenvalue weighted by atomic mass is 9.95. The van der Waals surface area contributed by atoms with Gasteiger partial charge in [0, 0.05) is 32.2 Å². The molecule has 1 aromatic rings. The highest BCUT2D eigenvalue weighted by atomic mass is 35.5. The van der Waals surface area contributed by atoms with Crippen LogP contribution in [0.15, 0.2) is 24.3 Å². The van der Waals surface area contributed by atoms with Crippen LogP contribution in [0.2, 0.25) is 0 Å². The van der Waals surface area contributed by atoms with Crippen LogP contribution >= 0.6 is 12.4 Å². The van der Waals surface area contributed by atoms with Crippen molar-refractivity contribution in [2.45, 2.75) is 38.8 Å². The van der Waals surface area contributed by atoms with Crippen molar-refractivity contribution < 1.29 is 22.3 Å². The summed E-state index contributed by atoms with van der Waals surface area (Å²) in [5, 5.41) is 3.28. The fraction of sp³-hybridized carbons (Fsp3) is 0.647. The normalized spacial score (nSPS) is 17.4. The molecular formula is C17H25ClF4N2O. The molecule has 3 nitrogen and oxygen atoms in total. The van der Waals surface area contributed by atoms with Crippen molar-refractivity contribution in [3.63, 3.8) is 0 Å². The van der Waals surface area contributed by atoms with E-state index in [4.69, 9.17) is 0 Å². The van der Waals surface area contributed by atoms with E-state index in [0.29, 0.717) is 5.92 Å². The second-order valence-electron chi connectivity index (χ2n) is 6.47. The molecular weight excluding hydrogens is 360 g/mol. The van der Waals surface area contributed by atoms with E-state index >= 15 is 0 Å². The molecule has 0 amide bonds. The minimum Gasteiger partial charge on any atom is -0.428 e. The van der Waals surface area contributed by atoms with Crippen LogP contribution in [0.1, 0.15) is 31.9 Å². The van der Waals surface area contributed by atoms with Crippen LogP contribution in [0.4, 0.5) is 17.6 Å². The summed E-state index contributed by atoms with van der Waals surface area (Å²) in [6, 6.07) is 6.19. The van der Waals surface area contributed by atoms with Crippen molar-refractivity contribution in [2.75, 3.05) is 26.2 Å². The van der Waals surface area contributed by atoms with Crippen LogP contribution in [0.25, 0.3) is 0 Å². The number of piperazine rings is 1. The Morgan fingerprint density at radius 3 is 2.40 bits per heavy atom. The number of alkyl halides is 4. The van der Waals surface area contributed by atoms with Gasteiger partial charge in [0.2, 0.25) is 0 Å². The van der Waals surface area contributed by atoms with Crippen molar-refractivity contribution >= 4 is 12.4 Å². The molecule has 0 unspecified atom stereocenters. The van der Waals surface area contributed by atoms with Crippen molar-refractivity contribution in [2.24, 2.45) is 5.92 Å². The van der Waals surface area contributed by atoms with Gasteiger partial charge in [-0.15, -0.1) is 12.4 Å². The van der Waals surface area contributed by atoms with Crippen LogP contribution in [-0.4, -0.2) is 43.6 Å². The molecule has 0 aliphatic carbocycles. The first-order valence-electron chi connectivity index (χ1n) is 8.19. The van der Waals surface area contributed by atoms with Crippen LogP contribution in [0.3, 0.4) is 0 Å². The van der Waals surface area contributed by atoms with E-state index < -0.39 is 12.5 Å². The highest BCUT2D eigenvalue weighted by molar-refractivity contribution is 5.85. The Balaban J connectivity index is 0.00000312. The Labute approximate surface area is 152 Å². The van der Waals surface area contributed by atoms with Crippen molar-refractivity contribution in [1.82, 2.24) is 10.2 Å². The smallest absolute Gasteiger partial charge is 0.428 e. The summed E-state index contributed by atoms with van der Waals surface area (Å²) in [7, 11) is 0. The zero-order valence-corrected chi connectivity index (χ0v) is 15.2. The number of ether oxygens (including phenoxy) is 1. The van der Waals surface area contributed by atoms with Crippen LogP contribution in [0.5, 0.6) is 5.75 Å². The second-order valence-corrected chi connectivity index (χ2v) is 6.47. The van der Waals surface area contributed by atoms with Gasteiger partial charge in [0.15, 0.2) is 0 Å². The predicted octanol–water partition coefficient (Wildman–Crippen LogP) is 4.34. The Morgan fingerprint density at radius 2 is 1.84 bits per heavy atom. The maximum absolute atomic E-state index is 13.1. The van der Waals surface area contributed by atoms with Crippen LogP contribution in [-0.2, 0) is 0 Å². The maximum atomic E-state index is 13.1. The molecule has 0 aromatic heterocycles. The highest BCUT2D eigenvalue weighted by Gasteiger charge is 2.44. The lowest BCUT2D eigenvalue weighted by Crippen LogP contribution is -2.45. The average Bonchev–Trinajstić information content (AvgIpc) is 2.53. The van der Waals surface area contributed by atoms with E-state index in [2.05, 4.69) is 28.8 Å². The van der Waals surface area contributed by atoms with Gasteiger partial charge in [0.25, 0.3) is 0 Å². The maximum Gasteiger partial charge on any atom is 0.461 e. The van der Waals surface area contributed by atoms with Crippen LogP contribution < -0.4 is 10.1 Å². The Kier molecular flexibility index (Phi) is 8.44. The van der Waals surface area contributed by atoms with Crippen molar-refractivity contribution in [3.8, 4) is 5.75 Å². The van der Waals surface area contributed by atoms with Gasteiger partial charge in [-0.2, -0.15) is 17.6 Å². The van der Waals surface area contributed by atoms with Gasteiger partial charge in [-0.1, -0.05) is 26.0 Å². The second kappa shape index (κ2) is 9.59. The SMILES string of the molecule is CC(C)C[C@@H](c1cccc(OC(F)(F)C(F)F)c1)N1CCNCC1.Cl. The number of rotatable bonds is 7. The molecule has 144 valence electrons. The van der Waals surface area contributed by atoms with Crippen molar-refractivity contribution in [1.29, 1.82) is 0 Å². The number of nitrogens with zero attached hydrogens (tertiary/aromatic N) is 1. The quantitative estimate of drug-likeness (QED) is 0.708. The third-order valence-electron chi connectivity index (χ3n) is 4.04. The van der Waals surface area contributed by atoms with Gasteiger partial charge in [0.1, 0.15) is 5.75 Å². The first-order chi connectivity index (χ1) is 11.3. The molecule has 1 aliphatic rings. The molecule has 1 atom stereocenters. The topological polar surface area (TPSA) is 24.5 Å². The first kappa shape index (κ1) is 22.0. The summed E-state index contributed by atoms with van der Waals surface area (Å²) in [5.41, 5.74) is 0.813. The molecule has 0 bridgehead atoms. The summed E-state index contributed by atoms with van der Waals surface area (Å²) in [6.07, 6.45) is -7.49. The van der Waals surface area contributed by atoms with E-state index in [0.717, 1.165) is 38.2 Å². The number of hydrogen-bond acceptors (Lipinski definition) is 3. The van der Waals surface area contributed by atoms with E-state index in [1.165, 1.54) is 12.1 Å². The third-order valence-corrected chi connectivity index (χ3v) is 4.04. The first-order valence-corrected chi connectivity index (χ1v) is 8.19. The number of nitrogens with one attached hydrogen (secondary N) is 1. The van der Waals surface area contributed by atoms with Gasteiger partial charge in [0.05, 0.1) is 0 Å². The molecule has 1 heterocycles. The lowest BCUT2D eigenvalue weighted by molar-refractivity contribution is -0.253. The summed E-state index contributed by atoms with van der Waals surface area (Å²) in [6.45, 7) is 7.65. The molecule has 0 radical (unpaired) electrons. The average molecular weight is 385 g/mol. The number of benzene rings is 1. The van der Waals surface area contributed by atoms with Gasteiger partial charge in [-0.25, -0.2) is 0 Å². The minimum atomic E-state index is -4.48. The minimum absolute atomic E-state index is 0. The van der Waals surface area contributed by atoms with Gasteiger partial charge < -0.3 is 10.1 Å². The standard InChI is InChI=1S/C17H24F4N2O.ClH/c1-12(2)10-15(23-8-6-22-7-9-23)13-4-3-5-14(11-13)24-17(20,21)16(18)19;/h3-5,11-12,15-16,22H,6-10H2,1-2H3;1H/t15-;/m0./s1. The largest absolute Gasteiger partial charge is 0.461 e. The van der Waals surface area contributed by atoms with E-state index in [1.54, 1.807) is 6.07 Å².